The molecule has 0 saturated heterocycles. The van der Waals surface area contributed by atoms with E-state index in [0.717, 1.165) is 15.3 Å². The van der Waals surface area contributed by atoms with Crippen molar-refractivity contribution >= 4 is 45.9 Å². The van der Waals surface area contributed by atoms with Gasteiger partial charge in [-0.2, -0.15) is 0 Å². The van der Waals surface area contributed by atoms with Gasteiger partial charge in [0.15, 0.2) is 0 Å². The minimum Gasteiger partial charge on any atom is -0.497 e. The Morgan fingerprint density at radius 3 is 2.52 bits per heavy atom. The molecule has 2 aromatic carbocycles. The van der Waals surface area contributed by atoms with Gasteiger partial charge in [0.1, 0.15) is 5.75 Å². The number of nitrogens with one attached hydrogen (secondary N) is 2. The Labute approximate surface area is 173 Å². The first-order valence-electron chi connectivity index (χ1n) is 7.99. The van der Waals surface area contributed by atoms with Crippen LogP contribution in [0, 0.1) is 3.57 Å². The van der Waals surface area contributed by atoms with E-state index in [4.69, 9.17) is 9.26 Å². The number of halogens is 1. The van der Waals surface area contributed by atoms with Crippen LogP contribution in [0.1, 0.15) is 6.92 Å². The predicted octanol–water partition coefficient (Wildman–Crippen LogP) is 2.98. The second-order valence-corrected chi connectivity index (χ2v) is 8.15. The van der Waals surface area contributed by atoms with Crippen LogP contribution in [-0.4, -0.2) is 23.5 Å². The van der Waals surface area contributed by atoms with Gasteiger partial charge in [-0.15, -0.1) is 0 Å². The molecule has 2 N–H and O–H groups in total. The number of ether oxygens (including phenoxy) is 1. The number of amides is 1. The Balaban J connectivity index is 1.76. The van der Waals surface area contributed by atoms with E-state index in [1.165, 1.54) is 4.68 Å². The van der Waals surface area contributed by atoms with E-state index in [1.807, 2.05) is 24.3 Å². The van der Waals surface area contributed by atoms with E-state index in [9.17, 15) is 9.59 Å². The first-order valence-corrected chi connectivity index (χ1v) is 9.95. The molecule has 0 aliphatic heterocycles. The molecule has 1 aromatic heterocycles. The maximum atomic E-state index is 12.5. The second-order valence-electron chi connectivity index (χ2n) is 5.58. The number of hydrogen-bond acceptors (Lipinski definition) is 5. The first-order chi connectivity index (χ1) is 13.0. The first kappa shape index (κ1) is 19.5. The monoisotopic (exact) mass is 498 g/mol. The molecule has 0 radical (unpaired) electrons. The summed E-state index contributed by atoms with van der Waals surface area (Å²) in [4.78, 5) is 24.6. The number of aromatic nitrogens is 2. The van der Waals surface area contributed by atoms with Crippen molar-refractivity contribution in [1.82, 2.24) is 5.27 Å². The van der Waals surface area contributed by atoms with Crippen molar-refractivity contribution in [2.24, 2.45) is 0 Å². The second kappa shape index (κ2) is 8.61. The van der Waals surface area contributed by atoms with Gasteiger partial charge in [0.2, 0.25) is 11.6 Å². The Morgan fingerprint density at radius 2 is 1.89 bits per heavy atom. The smallest absolute Gasteiger partial charge is 0.442 e. The summed E-state index contributed by atoms with van der Waals surface area (Å²) in [6.45, 7) is 1.73. The van der Waals surface area contributed by atoms with Gasteiger partial charge in [-0.05, 0) is 87.6 Å². The van der Waals surface area contributed by atoms with Crippen molar-refractivity contribution in [1.29, 1.82) is 0 Å². The summed E-state index contributed by atoms with van der Waals surface area (Å²) in [5.74, 6) is 0.493. The molecule has 0 aliphatic carbocycles. The molecule has 0 saturated carbocycles. The molecule has 27 heavy (non-hydrogen) atoms. The lowest BCUT2D eigenvalue weighted by Gasteiger charge is -2.09. The summed E-state index contributed by atoms with van der Waals surface area (Å²) in [6.07, 6.45) is 0. The SMILES string of the molecule is COc1ccc(-[n+]2[nH]oc(=O)c2SC(C)C(=O)Nc2ccc(I)cc2)cc1. The van der Waals surface area contributed by atoms with Gasteiger partial charge >= 0.3 is 10.7 Å². The fourth-order valence-electron chi connectivity index (χ4n) is 2.26. The molecule has 0 fully saturated rings. The number of rotatable bonds is 6. The van der Waals surface area contributed by atoms with Crippen molar-refractivity contribution in [2.75, 3.05) is 12.4 Å². The van der Waals surface area contributed by atoms with E-state index in [-0.39, 0.29) is 10.9 Å². The van der Waals surface area contributed by atoms with E-state index in [1.54, 1.807) is 38.3 Å². The minimum absolute atomic E-state index is 0.205. The number of benzene rings is 2. The van der Waals surface area contributed by atoms with E-state index in [0.29, 0.717) is 17.1 Å². The number of H-pyrrole nitrogens is 1. The molecular weight excluding hydrogens is 481 g/mol. The molecule has 1 unspecified atom stereocenters. The van der Waals surface area contributed by atoms with Gasteiger partial charge in [0, 0.05) is 21.4 Å². The quantitative estimate of drug-likeness (QED) is 0.310. The summed E-state index contributed by atoms with van der Waals surface area (Å²) >= 11 is 3.32. The van der Waals surface area contributed by atoms with Crippen molar-refractivity contribution in [3.05, 3.63) is 62.5 Å². The van der Waals surface area contributed by atoms with Gasteiger partial charge in [-0.25, -0.2) is 4.79 Å². The van der Waals surface area contributed by atoms with Crippen LogP contribution in [-0.2, 0) is 4.79 Å². The van der Waals surface area contributed by atoms with Crippen LogP contribution in [0.25, 0.3) is 5.69 Å². The Kier molecular flexibility index (Phi) is 6.22. The lowest BCUT2D eigenvalue weighted by molar-refractivity contribution is -0.704. The number of carbonyl (C=O) groups excluding carboxylic acids is 1. The Morgan fingerprint density at radius 1 is 1.22 bits per heavy atom. The summed E-state index contributed by atoms with van der Waals surface area (Å²) in [6, 6.07) is 14.6. The molecule has 1 heterocycles. The molecule has 1 atom stereocenters. The number of methoxy groups -OCH3 is 1. The maximum absolute atomic E-state index is 12.5. The fraction of sp³-hybridized carbons (Fsp3) is 0.167. The molecule has 1 amide bonds. The highest BCUT2D eigenvalue weighted by Gasteiger charge is 2.29. The average molecular weight is 498 g/mol. The molecule has 0 spiro atoms. The highest BCUT2D eigenvalue weighted by molar-refractivity contribution is 14.1. The van der Waals surface area contributed by atoms with Gasteiger partial charge in [0.05, 0.1) is 12.4 Å². The van der Waals surface area contributed by atoms with Crippen molar-refractivity contribution in [3.63, 3.8) is 0 Å². The summed E-state index contributed by atoms with van der Waals surface area (Å²) < 4.78 is 12.6. The standard InChI is InChI=1S/C18H16IN3O4S/c1-11(16(23)20-13-5-3-12(19)4-6-13)27-17-18(24)26-21-22(17)14-7-9-15(25-2)10-8-14/h3-11H,1-2H3,(H-,20,21,23,24)/p+1. The zero-order valence-corrected chi connectivity index (χ0v) is 17.5. The highest BCUT2D eigenvalue weighted by Crippen LogP contribution is 2.21. The largest absolute Gasteiger partial charge is 0.497 e. The van der Waals surface area contributed by atoms with Crippen LogP contribution in [0.4, 0.5) is 5.69 Å². The van der Waals surface area contributed by atoms with Crippen LogP contribution in [0.15, 0.2) is 62.9 Å². The Bertz CT molecular complexity index is 983. The fourth-order valence-corrected chi connectivity index (χ4v) is 3.51. The third-order valence-electron chi connectivity index (χ3n) is 3.71. The molecule has 3 rings (SSSR count). The topological polar surface area (TPSA) is 88.2 Å². The lowest BCUT2D eigenvalue weighted by atomic mass is 10.3. The molecule has 0 aliphatic rings. The van der Waals surface area contributed by atoms with E-state index in [2.05, 4.69) is 33.2 Å². The van der Waals surface area contributed by atoms with Crippen LogP contribution in [0.3, 0.4) is 0 Å². The molecule has 0 bridgehead atoms. The Hall–Kier alpha value is -2.27. The minimum atomic E-state index is -0.537. The summed E-state index contributed by atoms with van der Waals surface area (Å²) in [7, 11) is 1.58. The molecular formula is C18H17IN3O4S+. The van der Waals surface area contributed by atoms with Gasteiger partial charge in [-0.1, -0.05) is 0 Å². The predicted molar refractivity (Wildman–Crippen MR) is 111 cm³/mol. The van der Waals surface area contributed by atoms with Crippen molar-refractivity contribution < 1.29 is 18.7 Å². The van der Waals surface area contributed by atoms with E-state index < -0.39 is 10.9 Å². The van der Waals surface area contributed by atoms with Gasteiger partial charge in [0.25, 0.3) is 0 Å². The van der Waals surface area contributed by atoms with Crippen molar-refractivity contribution in [2.45, 2.75) is 17.2 Å². The number of thioether (sulfide) groups is 1. The molecule has 7 nitrogen and oxygen atoms in total. The lowest BCUT2D eigenvalue weighted by Crippen LogP contribution is -2.37. The number of anilines is 1. The van der Waals surface area contributed by atoms with Gasteiger partial charge in [-0.3, -0.25) is 9.32 Å². The molecule has 140 valence electrons. The van der Waals surface area contributed by atoms with Crippen LogP contribution < -0.4 is 20.4 Å². The molecule has 9 heteroatoms. The normalized spacial score (nSPS) is 11.8. The highest BCUT2D eigenvalue weighted by atomic mass is 127. The van der Waals surface area contributed by atoms with Crippen LogP contribution in [0.2, 0.25) is 0 Å². The van der Waals surface area contributed by atoms with Crippen LogP contribution in [0.5, 0.6) is 5.75 Å². The number of hydrogen-bond donors (Lipinski definition) is 2. The average Bonchev–Trinajstić information content (AvgIpc) is 3.04. The number of nitrogens with zero attached hydrogens (tertiary/aromatic N) is 1. The maximum Gasteiger partial charge on any atom is 0.442 e. The van der Waals surface area contributed by atoms with Crippen LogP contribution >= 0.6 is 34.4 Å². The zero-order chi connectivity index (χ0) is 19.4. The van der Waals surface area contributed by atoms with E-state index >= 15 is 0 Å². The third kappa shape index (κ3) is 4.72. The van der Waals surface area contributed by atoms with Crippen molar-refractivity contribution in [3.8, 4) is 11.4 Å². The summed E-state index contributed by atoms with van der Waals surface area (Å²) in [5.41, 5.74) is 0.858. The molecule has 3 aromatic rings. The van der Waals surface area contributed by atoms with Gasteiger partial charge < -0.3 is 10.1 Å². The zero-order valence-electron chi connectivity index (χ0n) is 14.6. The summed E-state index contributed by atoms with van der Waals surface area (Å²) in [5, 5.41) is 5.18. The number of aromatic amines is 1. The number of carbonyl (C=O) groups is 1. The third-order valence-corrected chi connectivity index (χ3v) is 5.57.